The second-order valence-corrected chi connectivity index (χ2v) is 6.98. The Kier molecular flexibility index (Phi) is 5.64. The molecule has 0 aliphatic heterocycles. The second-order valence-electron chi connectivity index (χ2n) is 6.98. The van der Waals surface area contributed by atoms with Crippen LogP contribution in [0.25, 0.3) is 11.2 Å². The van der Waals surface area contributed by atoms with Crippen molar-refractivity contribution in [1.82, 2.24) is 23.6 Å². The molecule has 0 spiro atoms. The standard InChI is InChI=1S/C20H22N6O3/c1-23(12-15-8-6-14(11-21)7-9-15)16(27)5-4-10-26-13-22-18-17(26)19(28)25(3)20(29)24(18)2/h6-9,13H,4-5,10,12H2,1-3H3. The molecule has 0 aliphatic rings. The number of imidazole rings is 1. The van der Waals surface area contributed by atoms with E-state index in [1.165, 1.54) is 17.9 Å². The SMILES string of the molecule is CN(Cc1ccc(C#N)cc1)C(=O)CCCn1cnc2c1c(=O)n(C)c(=O)n2C. The van der Waals surface area contributed by atoms with Gasteiger partial charge in [0.05, 0.1) is 18.0 Å². The van der Waals surface area contributed by atoms with Crippen molar-refractivity contribution in [2.24, 2.45) is 14.1 Å². The van der Waals surface area contributed by atoms with Gasteiger partial charge in [0.25, 0.3) is 5.56 Å². The monoisotopic (exact) mass is 394 g/mol. The number of nitrogens with zero attached hydrogens (tertiary/aromatic N) is 6. The fraction of sp³-hybridized carbons (Fsp3) is 0.350. The van der Waals surface area contributed by atoms with E-state index in [0.717, 1.165) is 10.1 Å². The molecule has 29 heavy (non-hydrogen) atoms. The first-order valence-corrected chi connectivity index (χ1v) is 9.17. The lowest BCUT2D eigenvalue weighted by atomic mass is 10.1. The molecule has 150 valence electrons. The van der Waals surface area contributed by atoms with Crippen molar-refractivity contribution in [2.75, 3.05) is 7.05 Å². The maximum Gasteiger partial charge on any atom is 0.332 e. The van der Waals surface area contributed by atoms with Crippen LogP contribution in [0.3, 0.4) is 0 Å². The van der Waals surface area contributed by atoms with E-state index in [9.17, 15) is 14.4 Å². The highest BCUT2D eigenvalue weighted by Crippen LogP contribution is 2.10. The minimum Gasteiger partial charge on any atom is -0.341 e. The second kappa shape index (κ2) is 8.14. The fourth-order valence-corrected chi connectivity index (χ4v) is 3.20. The molecule has 0 bridgehead atoms. The van der Waals surface area contributed by atoms with Gasteiger partial charge >= 0.3 is 5.69 Å². The predicted molar refractivity (Wildman–Crippen MR) is 107 cm³/mol. The Morgan fingerprint density at radius 1 is 1.17 bits per heavy atom. The highest BCUT2D eigenvalue weighted by atomic mass is 16.2. The lowest BCUT2D eigenvalue weighted by Crippen LogP contribution is -2.37. The van der Waals surface area contributed by atoms with E-state index in [-0.39, 0.29) is 5.91 Å². The van der Waals surface area contributed by atoms with Crippen LogP contribution in [0.5, 0.6) is 0 Å². The third-order valence-electron chi connectivity index (χ3n) is 4.94. The van der Waals surface area contributed by atoms with Crippen LogP contribution in [0, 0.1) is 11.3 Å². The minimum atomic E-state index is -0.424. The molecular formula is C20H22N6O3. The van der Waals surface area contributed by atoms with Crippen molar-refractivity contribution >= 4 is 17.1 Å². The maximum atomic E-state index is 12.4. The smallest absolute Gasteiger partial charge is 0.332 e. The van der Waals surface area contributed by atoms with Gasteiger partial charge in [0.1, 0.15) is 0 Å². The van der Waals surface area contributed by atoms with E-state index in [0.29, 0.717) is 42.7 Å². The van der Waals surface area contributed by atoms with Crippen molar-refractivity contribution in [2.45, 2.75) is 25.9 Å². The summed E-state index contributed by atoms with van der Waals surface area (Å²) in [6.45, 7) is 0.904. The third-order valence-corrected chi connectivity index (χ3v) is 4.94. The number of hydrogen-bond acceptors (Lipinski definition) is 5. The maximum absolute atomic E-state index is 12.4. The summed E-state index contributed by atoms with van der Waals surface area (Å²) in [6, 6.07) is 9.19. The number of rotatable bonds is 6. The molecule has 0 saturated carbocycles. The molecule has 0 atom stereocenters. The summed E-state index contributed by atoms with van der Waals surface area (Å²) < 4.78 is 4.08. The number of carbonyl (C=O) groups is 1. The molecule has 3 rings (SSSR count). The van der Waals surface area contributed by atoms with Gasteiger partial charge in [-0.15, -0.1) is 0 Å². The summed E-state index contributed by atoms with van der Waals surface area (Å²) in [5, 5.41) is 8.84. The number of amides is 1. The molecule has 0 saturated heterocycles. The van der Waals surface area contributed by atoms with Crippen molar-refractivity contribution < 1.29 is 4.79 Å². The molecule has 3 aromatic rings. The van der Waals surface area contributed by atoms with Gasteiger partial charge in [-0.2, -0.15) is 5.26 Å². The summed E-state index contributed by atoms with van der Waals surface area (Å²) in [5.74, 6) is -0.0147. The molecule has 0 unspecified atom stereocenters. The number of fused-ring (bicyclic) bond motifs is 1. The number of hydrogen-bond donors (Lipinski definition) is 0. The lowest BCUT2D eigenvalue weighted by molar-refractivity contribution is -0.130. The van der Waals surface area contributed by atoms with E-state index >= 15 is 0 Å². The van der Waals surface area contributed by atoms with Crippen LogP contribution in [-0.2, 0) is 32.0 Å². The van der Waals surface area contributed by atoms with E-state index in [1.807, 2.05) is 12.1 Å². The predicted octanol–water partition coefficient (Wildman–Crippen LogP) is 0.744. The lowest BCUT2D eigenvalue weighted by Gasteiger charge is -2.17. The van der Waals surface area contributed by atoms with Gasteiger partial charge in [0, 0.05) is 40.7 Å². The number of benzene rings is 1. The molecule has 2 aromatic heterocycles. The average molecular weight is 394 g/mol. The zero-order valence-corrected chi connectivity index (χ0v) is 16.6. The van der Waals surface area contributed by atoms with Gasteiger partial charge in [0.2, 0.25) is 5.91 Å². The Hall–Kier alpha value is -3.67. The van der Waals surface area contributed by atoms with E-state index in [4.69, 9.17) is 5.26 Å². The van der Waals surface area contributed by atoms with E-state index in [2.05, 4.69) is 11.1 Å². The Bertz CT molecular complexity index is 1210. The van der Waals surface area contributed by atoms with Gasteiger partial charge in [-0.1, -0.05) is 12.1 Å². The molecule has 0 aliphatic carbocycles. The zero-order chi connectivity index (χ0) is 21.1. The highest BCUT2D eigenvalue weighted by molar-refractivity contribution is 5.76. The van der Waals surface area contributed by atoms with E-state index in [1.54, 1.807) is 35.7 Å². The van der Waals surface area contributed by atoms with Gasteiger partial charge in [-0.3, -0.25) is 18.7 Å². The third kappa shape index (κ3) is 3.96. The number of carbonyl (C=O) groups excluding carboxylic acids is 1. The quantitative estimate of drug-likeness (QED) is 0.613. The normalized spacial score (nSPS) is 10.8. The average Bonchev–Trinajstić information content (AvgIpc) is 3.15. The summed E-state index contributed by atoms with van der Waals surface area (Å²) in [4.78, 5) is 42.7. The zero-order valence-electron chi connectivity index (χ0n) is 16.6. The van der Waals surface area contributed by atoms with Gasteiger partial charge in [-0.05, 0) is 24.1 Å². The largest absolute Gasteiger partial charge is 0.341 e. The fourth-order valence-electron chi connectivity index (χ4n) is 3.20. The van der Waals surface area contributed by atoms with Crippen LogP contribution in [0.1, 0.15) is 24.0 Å². The first-order valence-electron chi connectivity index (χ1n) is 9.17. The molecule has 2 heterocycles. The van der Waals surface area contributed by atoms with Crippen LogP contribution in [-0.4, -0.2) is 36.5 Å². The summed E-state index contributed by atoms with van der Waals surface area (Å²) >= 11 is 0. The van der Waals surface area contributed by atoms with Gasteiger partial charge in [0.15, 0.2) is 11.2 Å². The summed E-state index contributed by atoms with van der Waals surface area (Å²) in [6.07, 6.45) is 2.38. The number of aromatic nitrogens is 4. The van der Waals surface area contributed by atoms with Crippen LogP contribution in [0.4, 0.5) is 0 Å². The molecule has 1 amide bonds. The number of nitriles is 1. The Morgan fingerprint density at radius 2 is 1.86 bits per heavy atom. The summed E-state index contributed by atoms with van der Waals surface area (Å²) in [5.41, 5.74) is 1.40. The van der Waals surface area contributed by atoms with Crippen LogP contribution in [0.15, 0.2) is 40.2 Å². The van der Waals surface area contributed by atoms with Crippen molar-refractivity contribution in [1.29, 1.82) is 5.26 Å². The topological polar surface area (TPSA) is 106 Å². The Morgan fingerprint density at radius 3 is 2.52 bits per heavy atom. The molecule has 1 aromatic carbocycles. The Balaban J connectivity index is 1.63. The van der Waals surface area contributed by atoms with Gasteiger partial charge in [-0.25, -0.2) is 9.78 Å². The first-order chi connectivity index (χ1) is 13.8. The van der Waals surface area contributed by atoms with Crippen molar-refractivity contribution in [3.05, 3.63) is 62.6 Å². The van der Waals surface area contributed by atoms with E-state index < -0.39 is 11.2 Å². The highest BCUT2D eigenvalue weighted by Gasteiger charge is 2.15. The molecule has 0 fully saturated rings. The molecular weight excluding hydrogens is 372 g/mol. The molecule has 9 heteroatoms. The van der Waals surface area contributed by atoms with Crippen LogP contribution >= 0.6 is 0 Å². The first kappa shape index (κ1) is 20.1. The van der Waals surface area contributed by atoms with Gasteiger partial charge < -0.3 is 9.47 Å². The Labute approximate surface area is 167 Å². The minimum absolute atomic E-state index is 0.0147. The van der Waals surface area contributed by atoms with Crippen LogP contribution < -0.4 is 11.2 Å². The van der Waals surface area contributed by atoms with Crippen molar-refractivity contribution in [3.8, 4) is 6.07 Å². The molecule has 9 nitrogen and oxygen atoms in total. The number of aryl methyl sites for hydroxylation is 2. The van der Waals surface area contributed by atoms with Crippen molar-refractivity contribution in [3.63, 3.8) is 0 Å². The van der Waals surface area contributed by atoms with Crippen LogP contribution in [0.2, 0.25) is 0 Å². The summed E-state index contributed by atoms with van der Waals surface area (Å²) in [7, 11) is 4.74. The molecule has 0 radical (unpaired) electrons. The molecule has 0 N–H and O–H groups in total.